The van der Waals surface area contributed by atoms with Crippen LogP contribution in [0.25, 0.3) is 0 Å². The van der Waals surface area contributed by atoms with Crippen molar-refractivity contribution in [2.24, 2.45) is 0 Å². The third-order valence-electron chi connectivity index (χ3n) is 4.79. The first-order valence-electron chi connectivity index (χ1n) is 7.92. The molecular formula is C17H24ClNOS. The van der Waals surface area contributed by atoms with E-state index in [-0.39, 0.29) is 5.60 Å². The molecule has 2 aliphatic heterocycles. The normalized spacial score (nSPS) is 32.7. The van der Waals surface area contributed by atoms with E-state index in [0.29, 0.717) is 12.1 Å². The molecule has 2 aliphatic rings. The standard InChI is InChI=1S/C17H24ClNOS/c1-3-17(2)11-13(6-8-20-17)19-15-7-9-21-16-5-4-12(18)10-14(15)16/h4-5,10,13,15,19H,3,6-9,11H2,1-2H3. The minimum Gasteiger partial charge on any atom is -0.375 e. The van der Waals surface area contributed by atoms with Crippen LogP contribution in [0.2, 0.25) is 5.02 Å². The fourth-order valence-corrected chi connectivity index (χ4v) is 4.63. The summed E-state index contributed by atoms with van der Waals surface area (Å²) in [4.78, 5) is 1.38. The van der Waals surface area contributed by atoms with Gasteiger partial charge in [0, 0.05) is 28.6 Å². The largest absolute Gasteiger partial charge is 0.375 e. The Morgan fingerprint density at radius 1 is 1.43 bits per heavy atom. The number of halogens is 1. The molecule has 116 valence electrons. The molecule has 1 aromatic carbocycles. The Labute approximate surface area is 137 Å². The van der Waals surface area contributed by atoms with Gasteiger partial charge < -0.3 is 10.1 Å². The van der Waals surface area contributed by atoms with Gasteiger partial charge in [0.15, 0.2) is 0 Å². The fraction of sp³-hybridized carbons (Fsp3) is 0.647. The molecule has 2 nitrogen and oxygen atoms in total. The number of hydrogen-bond donors (Lipinski definition) is 1. The molecule has 1 saturated heterocycles. The second-order valence-corrected chi connectivity index (χ2v) is 7.95. The first-order valence-corrected chi connectivity index (χ1v) is 9.28. The summed E-state index contributed by atoms with van der Waals surface area (Å²) in [6.45, 7) is 5.32. The van der Waals surface area contributed by atoms with Crippen LogP contribution >= 0.6 is 23.4 Å². The van der Waals surface area contributed by atoms with Gasteiger partial charge in [-0.2, -0.15) is 0 Å². The van der Waals surface area contributed by atoms with Gasteiger partial charge in [-0.1, -0.05) is 18.5 Å². The number of rotatable bonds is 3. The van der Waals surface area contributed by atoms with E-state index in [2.05, 4.69) is 31.3 Å². The molecule has 0 spiro atoms. The zero-order chi connectivity index (χ0) is 14.9. The average Bonchev–Trinajstić information content (AvgIpc) is 2.48. The molecule has 0 amide bonds. The molecule has 0 bridgehead atoms. The van der Waals surface area contributed by atoms with Crippen molar-refractivity contribution in [1.29, 1.82) is 0 Å². The minimum atomic E-state index is 0.0382. The summed E-state index contributed by atoms with van der Waals surface area (Å²) in [6.07, 6.45) is 4.46. The Kier molecular flexibility index (Phi) is 4.84. The van der Waals surface area contributed by atoms with Gasteiger partial charge in [-0.25, -0.2) is 0 Å². The minimum absolute atomic E-state index is 0.0382. The van der Waals surface area contributed by atoms with E-state index >= 15 is 0 Å². The zero-order valence-electron chi connectivity index (χ0n) is 12.8. The predicted octanol–water partition coefficient (Wildman–Crippen LogP) is 4.81. The Morgan fingerprint density at radius 3 is 3.10 bits per heavy atom. The smallest absolute Gasteiger partial charge is 0.0666 e. The second-order valence-electron chi connectivity index (χ2n) is 6.38. The SMILES string of the molecule is CCC1(C)CC(NC2CCSc3ccc(Cl)cc32)CCO1. The maximum atomic E-state index is 6.20. The molecule has 0 aromatic heterocycles. The summed E-state index contributed by atoms with van der Waals surface area (Å²) in [5, 5.41) is 4.72. The Hall–Kier alpha value is -0.220. The van der Waals surface area contributed by atoms with E-state index in [9.17, 15) is 0 Å². The van der Waals surface area contributed by atoms with Gasteiger partial charge in [0.2, 0.25) is 0 Å². The lowest BCUT2D eigenvalue weighted by Crippen LogP contribution is -2.46. The van der Waals surface area contributed by atoms with Crippen molar-refractivity contribution in [1.82, 2.24) is 5.32 Å². The van der Waals surface area contributed by atoms with Crippen molar-refractivity contribution in [2.45, 2.75) is 62.1 Å². The number of nitrogens with one attached hydrogen (secondary N) is 1. The molecule has 0 aliphatic carbocycles. The lowest BCUT2D eigenvalue weighted by Gasteiger charge is -2.40. The quantitative estimate of drug-likeness (QED) is 0.861. The second kappa shape index (κ2) is 6.49. The van der Waals surface area contributed by atoms with Crippen LogP contribution in [0, 0.1) is 0 Å². The lowest BCUT2D eigenvalue weighted by atomic mass is 9.89. The highest BCUT2D eigenvalue weighted by molar-refractivity contribution is 7.99. The monoisotopic (exact) mass is 325 g/mol. The maximum Gasteiger partial charge on any atom is 0.0666 e. The number of ether oxygens (including phenoxy) is 1. The summed E-state index contributed by atoms with van der Waals surface area (Å²) >= 11 is 8.14. The molecular weight excluding hydrogens is 302 g/mol. The molecule has 3 rings (SSSR count). The zero-order valence-corrected chi connectivity index (χ0v) is 14.4. The highest BCUT2D eigenvalue weighted by Gasteiger charge is 2.33. The van der Waals surface area contributed by atoms with E-state index < -0.39 is 0 Å². The van der Waals surface area contributed by atoms with Gasteiger partial charge in [-0.05, 0) is 62.1 Å². The summed E-state index contributed by atoms with van der Waals surface area (Å²) in [7, 11) is 0. The number of fused-ring (bicyclic) bond motifs is 1. The first kappa shape index (κ1) is 15.7. The maximum absolute atomic E-state index is 6.20. The third kappa shape index (κ3) is 3.58. The Morgan fingerprint density at radius 2 is 2.29 bits per heavy atom. The van der Waals surface area contributed by atoms with Crippen molar-refractivity contribution < 1.29 is 4.74 Å². The van der Waals surface area contributed by atoms with Gasteiger partial charge in [0.25, 0.3) is 0 Å². The molecule has 0 saturated carbocycles. The van der Waals surface area contributed by atoms with Gasteiger partial charge in [0.1, 0.15) is 0 Å². The third-order valence-corrected chi connectivity index (χ3v) is 6.15. The van der Waals surface area contributed by atoms with Crippen LogP contribution in [-0.4, -0.2) is 24.0 Å². The Balaban J connectivity index is 1.73. The average molecular weight is 326 g/mol. The van der Waals surface area contributed by atoms with E-state index in [1.54, 1.807) is 0 Å². The summed E-state index contributed by atoms with van der Waals surface area (Å²) in [5.41, 5.74) is 1.42. The van der Waals surface area contributed by atoms with E-state index in [1.807, 2.05) is 17.8 Å². The molecule has 21 heavy (non-hydrogen) atoms. The fourth-order valence-electron chi connectivity index (χ4n) is 3.34. The molecule has 1 aromatic rings. The van der Waals surface area contributed by atoms with Crippen molar-refractivity contribution in [3.05, 3.63) is 28.8 Å². The highest BCUT2D eigenvalue weighted by Crippen LogP contribution is 2.39. The summed E-state index contributed by atoms with van der Waals surface area (Å²) < 4.78 is 5.96. The topological polar surface area (TPSA) is 21.3 Å². The van der Waals surface area contributed by atoms with Crippen LogP contribution in [0.4, 0.5) is 0 Å². The molecule has 4 heteroatoms. The van der Waals surface area contributed by atoms with Crippen LogP contribution in [0.5, 0.6) is 0 Å². The predicted molar refractivity (Wildman–Crippen MR) is 90.3 cm³/mol. The number of benzene rings is 1. The van der Waals surface area contributed by atoms with Crippen molar-refractivity contribution in [2.75, 3.05) is 12.4 Å². The number of thioether (sulfide) groups is 1. The van der Waals surface area contributed by atoms with Crippen molar-refractivity contribution in [3.8, 4) is 0 Å². The van der Waals surface area contributed by atoms with Crippen LogP contribution in [-0.2, 0) is 4.74 Å². The van der Waals surface area contributed by atoms with E-state index in [4.69, 9.17) is 16.3 Å². The number of hydrogen-bond acceptors (Lipinski definition) is 3. The molecule has 2 heterocycles. The summed E-state index contributed by atoms with van der Waals surface area (Å²) in [5.74, 6) is 1.18. The van der Waals surface area contributed by atoms with Crippen LogP contribution in [0.15, 0.2) is 23.1 Å². The lowest BCUT2D eigenvalue weighted by molar-refractivity contribution is -0.0792. The van der Waals surface area contributed by atoms with Crippen molar-refractivity contribution in [3.63, 3.8) is 0 Å². The molecule has 3 atom stereocenters. The highest BCUT2D eigenvalue weighted by atomic mass is 35.5. The Bertz CT molecular complexity index is 510. The van der Waals surface area contributed by atoms with Gasteiger partial charge >= 0.3 is 0 Å². The summed E-state index contributed by atoms with van der Waals surface area (Å²) in [6, 6.07) is 7.28. The molecule has 1 fully saturated rings. The van der Waals surface area contributed by atoms with E-state index in [0.717, 1.165) is 30.9 Å². The van der Waals surface area contributed by atoms with Gasteiger partial charge in [-0.3, -0.25) is 0 Å². The molecule has 1 N–H and O–H groups in total. The van der Waals surface area contributed by atoms with Crippen LogP contribution < -0.4 is 5.32 Å². The van der Waals surface area contributed by atoms with Crippen LogP contribution in [0.3, 0.4) is 0 Å². The first-order chi connectivity index (χ1) is 10.1. The van der Waals surface area contributed by atoms with Crippen LogP contribution in [0.1, 0.15) is 51.1 Å². The molecule has 0 radical (unpaired) electrons. The molecule has 3 unspecified atom stereocenters. The van der Waals surface area contributed by atoms with Crippen molar-refractivity contribution >= 4 is 23.4 Å². The van der Waals surface area contributed by atoms with E-state index in [1.165, 1.54) is 22.6 Å². The van der Waals surface area contributed by atoms with Gasteiger partial charge in [0.05, 0.1) is 5.60 Å². The van der Waals surface area contributed by atoms with Gasteiger partial charge in [-0.15, -0.1) is 11.8 Å².